The molecule has 7 heteroatoms. The Morgan fingerprint density at radius 1 is 1.43 bits per heavy atom. The molecule has 0 aromatic carbocycles. The Hall–Kier alpha value is -1.34. The van der Waals surface area contributed by atoms with E-state index in [9.17, 15) is 14.7 Å². The fourth-order valence-electron chi connectivity index (χ4n) is 2.89. The van der Waals surface area contributed by atoms with Crippen molar-refractivity contribution in [3.8, 4) is 0 Å². The first-order valence-corrected chi connectivity index (χ1v) is 7.37. The van der Waals surface area contributed by atoms with Crippen LogP contribution >= 0.6 is 0 Å². The Morgan fingerprint density at radius 3 is 2.76 bits per heavy atom. The van der Waals surface area contributed by atoms with Crippen LogP contribution < -0.4 is 5.32 Å². The van der Waals surface area contributed by atoms with Gasteiger partial charge in [0.2, 0.25) is 0 Å². The molecule has 2 aliphatic heterocycles. The predicted octanol–water partition coefficient (Wildman–Crippen LogP) is 0.212. The third-order valence-corrected chi connectivity index (χ3v) is 4.66. The summed E-state index contributed by atoms with van der Waals surface area (Å²) in [6.45, 7) is 3.39. The fraction of sp³-hybridized carbons (Fsp3) is 0.857. The minimum absolute atomic E-state index is 0.133. The van der Waals surface area contributed by atoms with Crippen molar-refractivity contribution < 1.29 is 19.4 Å². The fourth-order valence-corrected chi connectivity index (χ4v) is 2.89. The molecular formula is C14H25N3O4. The number of aliphatic carboxylic acids is 1. The zero-order valence-electron chi connectivity index (χ0n) is 13.0. The molecule has 2 amide bonds. The largest absolute Gasteiger partial charge is 0.481 e. The van der Waals surface area contributed by atoms with Gasteiger partial charge < -0.3 is 25.0 Å². The van der Waals surface area contributed by atoms with Gasteiger partial charge in [-0.3, -0.25) is 4.79 Å². The van der Waals surface area contributed by atoms with Gasteiger partial charge in [0.15, 0.2) is 0 Å². The van der Waals surface area contributed by atoms with Gasteiger partial charge in [-0.25, -0.2) is 4.79 Å². The van der Waals surface area contributed by atoms with Gasteiger partial charge >= 0.3 is 12.0 Å². The first kappa shape index (κ1) is 16.0. The predicted molar refractivity (Wildman–Crippen MR) is 77.2 cm³/mol. The number of nitrogens with zero attached hydrogens (tertiary/aromatic N) is 2. The normalized spacial score (nSPS) is 33.2. The molecule has 2 N–H and O–H groups in total. The average Bonchev–Trinajstić information content (AvgIpc) is 2.81. The number of carbonyl (C=O) groups is 2. The highest BCUT2D eigenvalue weighted by molar-refractivity contribution is 5.79. The van der Waals surface area contributed by atoms with Crippen LogP contribution in [0.2, 0.25) is 0 Å². The number of piperidine rings is 1. The van der Waals surface area contributed by atoms with E-state index < -0.39 is 17.4 Å². The van der Waals surface area contributed by atoms with Crippen LogP contribution in [-0.4, -0.2) is 79.4 Å². The third kappa shape index (κ3) is 3.29. The molecule has 2 fully saturated rings. The number of likely N-dealkylation sites (tertiary alicyclic amines) is 1. The highest BCUT2D eigenvalue weighted by Crippen LogP contribution is 2.29. The van der Waals surface area contributed by atoms with Crippen LogP contribution in [0, 0.1) is 5.41 Å². The SMILES string of the molecule is CN(C)C1CCCN(C(=O)NC2COCC2(C)C(=O)O)C1. The summed E-state index contributed by atoms with van der Waals surface area (Å²) in [4.78, 5) is 27.7. The van der Waals surface area contributed by atoms with E-state index in [0.29, 0.717) is 19.1 Å². The molecule has 3 unspecified atom stereocenters. The Kier molecular flexibility index (Phi) is 4.73. The number of nitrogens with one attached hydrogen (secondary N) is 1. The standard InChI is InChI=1S/C14H25N3O4/c1-14(12(18)19)9-21-8-11(14)15-13(20)17-6-4-5-10(7-17)16(2)3/h10-11H,4-9H2,1-3H3,(H,15,20)(H,18,19). The summed E-state index contributed by atoms with van der Waals surface area (Å²) in [5, 5.41) is 12.2. The van der Waals surface area contributed by atoms with Crippen LogP contribution in [0.25, 0.3) is 0 Å². The van der Waals surface area contributed by atoms with Crippen molar-refractivity contribution in [1.29, 1.82) is 0 Å². The Bertz CT molecular complexity index is 415. The molecule has 0 saturated carbocycles. The summed E-state index contributed by atoms with van der Waals surface area (Å²) in [6, 6.07) is -0.318. The minimum Gasteiger partial charge on any atom is -0.481 e. The topological polar surface area (TPSA) is 82.1 Å². The molecule has 21 heavy (non-hydrogen) atoms. The highest BCUT2D eigenvalue weighted by atomic mass is 16.5. The number of rotatable bonds is 3. The van der Waals surface area contributed by atoms with Crippen molar-refractivity contribution in [3.05, 3.63) is 0 Å². The molecule has 2 rings (SSSR count). The molecule has 0 bridgehead atoms. The van der Waals surface area contributed by atoms with E-state index in [4.69, 9.17) is 4.74 Å². The number of carboxylic acid groups (broad SMARTS) is 1. The number of carboxylic acids is 1. The smallest absolute Gasteiger partial charge is 0.317 e. The van der Waals surface area contributed by atoms with Gasteiger partial charge in [-0.15, -0.1) is 0 Å². The molecular weight excluding hydrogens is 274 g/mol. The number of ether oxygens (including phenoxy) is 1. The molecule has 3 atom stereocenters. The van der Waals surface area contributed by atoms with Crippen molar-refractivity contribution in [2.24, 2.45) is 5.41 Å². The second-order valence-electron chi connectivity index (χ2n) is 6.45. The number of hydrogen-bond acceptors (Lipinski definition) is 4. The summed E-state index contributed by atoms with van der Waals surface area (Å²) in [7, 11) is 4.02. The van der Waals surface area contributed by atoms with Crippen LogP contribution in [0.15, 0.2) is 0 Å². The number of carbonyl (C=O) groups excluding carboxylic acids is 1. The quantitative estimate of drug-likeness (QED) is 0.778. The van der Waals surface area contributed by atoms with Crippen molar-refractivity contribution in [3.63, 3.8) is 0 Å². The third-order valence-electron chi connectivity index (χ3n) is 4.66. The maximum Gasteiger partial charge on any atom is 0.317 e. The summed E-state index contributed by atoms with van der Waals surface area (Å²) < 4.78 is 5.26. The second kappa shape index (κ2) is 6.19. The van der Waals surface area contributed by atoms with E-state index >= 15 is 0 Å². The number of hydrogen-bond donors (Lipinski definition) is 2. The maximum atomic E-state index is 12.4. The van der Waals surface area contributed by atoms with Gasteiger partial charge in [0, 0.05) is 19.1 Å². The lowest BCUT2D eigenvalue weighted by Gasteiger charge is -2.37. The van der Waals surface area contributed by atoms with E-state index in [0.717, 1.165) is 12.8 Å². The highest BCUT2D eigenvalue weighted by Gasteiger charge is 2.47. The molecule has 120 valence electrons. The van der Waals surface area contributed by atoms with Crippen LogP contribution in [0.1, 0.15) is 19.8 Å². The van der Waals surface area contributed by atoms with Crippen molar-refractivity contribution in [1.82, 2.24) is 15.1 Å². The Morgan fingerprint density at radius 2 is 2.14 bits per heavy atom. The van der Waals surface area contributed by atoms with Gasteiger partial charge in [-0.1, -0.05) is 0 Å². The lowest BCUT2D eigenvalue weighted by Crippen LogP contribution is -2.56. The maximum absolute atomic E-state index is 12.4. The molecule has 0 aromatic heterocycles. The van der Waals surface area contributed by atoms with E-state index in [2.05, 4.69) is 10.2 Å². The first-order valence-electron chi connectivity index (χ1n) is 7.37. The number of amides is 2. The summed E-state index contributed by atoms with van der Waals surface area (Å²) >= 11 is 0. The molecule has 0 spiro atoms. The summed E-state index contributed by atoms with van der Waals surface area (Å²) in [5.74, 6) is -0.935. The lowest BCUT2D eigenvalue weighted by molar-refractivity contribution is -0.148. The molecule has 0 radical (unpaired) electrons. The number of urea groups is 1. The summed E-state index contributed by atoms with van der Waals surface area (Å²) in [5.41, 5.74) is -1.05. The Balaban J connectivity index is 1.96. The van der Waals surface area contributed by atoms with Crippen LogP contribution in [-0.2, 0) is 9.53 Å². The molecule has 7 nitrogen and oxygen atoms in total. The van der Waals surface area contributed by atoms with Gasteiger partial charge in [-0.2, -0.15) is 0 Å². The van der Waals surface area contributed by atoms with Crippen molar-refractivity contribution >= 4 is 12.0 Å². The monoisotopic (exact) mass is 299 g/mol. The van der Waals surface area contributed by atoms with Gasteiger partial charge in [0.25, 0.3) is 0 Å². The van der Waals surface area contributed by atoms with E-state index in [1.807, 2.05) is 14.1 Å². The zero-order chi connectivity index (χ0) is 15.6. The first-order chi connectivity index (χ1) is 9.84. The van der Waals surface area contributed by atoms with Gasteiger partial charge in [-0.05, 0) is 33.9 Å². The van der Waals surface area contributed by atoms with Crippen LogP contribution in [0.3, 0.4) is 0 Å². The summed E-state index contributed by atoms with van der Waals surface area (Å²) in [6.07, 6.45) is 2.05. The van der Waals surface area contributed by atoms with E-state index in [1.54, 1.807) is 11.8 Å². The zero-order valence-corrected chi connectivity index (χ0v) is 13.0. The molecule has 0 aliphatic carbocycles. The molecule has 2 saturated heterocycles. The van der Waals surface area contributed by atoms with Gasteiger partial charge in [0.1, 0.15) is 5.41 Å². The average molecular weight is 299 g/mol. The lowest BCUT2D eigenvalue weighted by atomic mass is 9.85. The minimum atomic E-state index is -1.05. The van der Waals surface area contributed by atoms with Gasteiger partial charge in [0.05, 0.1) is 19.3 Å². The van der Waals surface area contributed by atoms with Crippen molar-refractivity contribution in [2.45, 2.75) is 31.8 Å². The molecule has 2 heterocycles. The molecule has 0 aromatic rings. The van der Waals surface area contributed by atoms with Crippen LogP contribution in [0.4, 0.5) is 4.79 Å². The van der Waals surface area contributed by atoms with E-state index in [-0.39, 0.29) is 19.2 Å². The second-order valence-corrected chi connectivity index (χ2v) is 6.45. The number of likely N-dealkylation sites (N-methyl/N-ethyl adjacent to an activating group) is 1. The van der Waals surface area contributed by atoms with Crippen molar-refractivity contribution in [2.75, 3.05) is 40.4 Å². The Labute approximate surface area is 125 Å². The molecule has 2 aliphatic rings. The van der Waals surface area contributed by atoms with E-state index in [1.165, 1.54) is 0 Å². The van der Waals surface area contributed by atoms with Crippen LogP contribution in [0.5, 0.6) is 0 Å².